The van der Waals surface area contributed by atoms with E-state index in [9.17, 15) is 20.4 Å². The molecule has 4 N–H and O–H groups in total. The van der Waals surface area contributed by atoms with Crippen LogP contribution in [-0.4, -0.2) is 20.4 Å². The SMILES string of the molecule is Cc1cc(-c2cc(C)c(O)c(C(c3ccc4ccccc4c3)c3cc(-c4cc(C)c(O)c(C(C)c5ccc6ccccc6c5)c4)cc(C)c3O)c2)cc(C)c1O. The summed E-state index contributed by atoms with van der Waals surface area (Å²) >= 11 is 0. The number of fused-ring (bicyclic) bond motifs is 2. The van der Waals surface area contributed by atoms with E-state index < -0.39 is 5.92 Å². The summed E-state index contributed by atoms with van der Waals surface area (Å²) in [6, 6.07) is 45.3. The van der Waals surface area contributed by atoms with E-state index in [1.54, 1.807) is 0 Å². The molecule has 0 saturated carbocycles. The molecule has 4 nitrogen and oxygen atoms in total. The maximum atomic E-state index is 12.1. The van der Waals surface area contributed by atoms with Crippen LogP contribution in [0.3, 0.4) is 0 Å². The van der Waals surface area contributed by atoms with Crippen molar-refractivity contribution in [3.63, 3.8) is 0 Å². The molecule has 0 fully saturated rings. The molecule has 4 heteroatoms. The number of aryl methyl sites for hydroxylation is 5. The second kappa shape index (κ2) is 14.3. The van der Waals surface area contributed by atoms with E-state index in [1.165, 1.54) is 5.39 Å². The highest BCUT2D eigenvalue weighted by atomic mass is 16.3. The quantitative estimate of drug-likeness (QED) is 0.123. The summed E-state index contributed by atoms with van der Waals surface area (Å²) in [5, 5.41) is 50.6. The number of aromatic hydroxyl groups is 4. The van der Waals surface area contributed by atoms with Gasteiger partial charge in [0.05, 0.1) is 0 Å². The van der Waals surface area contributed by atoms with E-state index in [4.69, 9.17) is 0 Å². The van der Waals surface area contributed by atoms with Crippen molar-refractivity contribution in [1.29, 1.82) is 0 Å². The summed E-state index contributed by atoms with van der Waals surface area (Å²) in [5.74, 6) is 0.229. The van der Waals surface area contributed by atoms with Crippen LogP contribution >= 0.6 is 0 Å². The lowest BCUT2D eigenvalue weighted by Gasteiger charge is -2.25. The molecule has 0 heterocycles. The second-order valence-corrected chi connectivity index (χ2v) is 15.5. The normalized spacial score (nSPS) is 12.6. The van der Waals surface area contributed by atoms with Crippen molar-refractivity contribution in [2.75, 3.05) is 0 Å². The Morgan fingerprint density at radius 2 is 0.679 bits per heavy atom. The predicted octanol–water partition coefficient (Wildman–Crippen LogP) is 13.0. The Morgan fingerprint density at radius 3 is 1.14 bits per heavy atom. The summed E-state index contributed by atoms with van der Waals surface area (Å²) in [5.41, 5.74) is 11.6. The molecule has 0 aliphatic carbocycles. The van der Waals surface area contributed by atoms with Gasteiger partial charge in [0.2, 0.25) is 0 Å². The second-order valence-electron chi connectivity index (χ2n) is 15.5. The van der Waals surface area contributed by atoms with Crippen LogP contribution in [0.25, 0.3) is 43.8 Å². The maximum Gasteiger partial charge on any atom is 0.122 e. The molecular formula is C52H46O4. The Balaban J connectivity index is 1.33. The van der Waals surface area contributed by atoms with Gasteiger partial charge < -0.3 is 20.4 Å². The van der Waals surface area contributed by atoms with Gasteiger partial charge in [-0.25, -0.2) is 0 Å². The first kappa shape index (κ1) is 36.5. The highest BCUT2D eigenvalue weighted by molar-refractivity contribution is 5.85. The average Bonchev–Trinajstić information content (AvgIpc) is 3.20. The minimum absolute atomic E-state index is 0.0869. The molecule has 0 radical (unpaired) electrons. The minimum atomic E-state index is -0.551. The third-order valence-corrected chi connectivity index (χ3v) is 11.6. The van der Waals surface area contributed by atoms with Gasteiger partial charge in [0.25, 0.3) is 0 Å². The van der Waals surface area contributed by atoms with Crippen LogP contribution in [0.15, 0.2) is 133 Å². The third kappa shape index (κ3) is 6.51. The molecule has 278 valence electrons. The fraction of sp³-hybridized carbons (Fsp3) is 0.154. The monoisotopic (exact) mass is 734 g/mol. The predicted molar refractivity (Wildman–Crippen MR) is 230 cm³/mol. The van der Waals surface area contributed by atoms with Crippen molar-refractivity contribution in [3.8, 4) is 45.3 Å². The fourth-order valence-electron chi connectivity index (χ4n) is 8.38. The fourth-order valence-corrected chi connectivity index (χ4v) is 8.38. The Hall–Kier alpha value is -6.52. The first-order valence-corrected chi connectivity index (χ1v) is 19.2. The zero-order valence-corrected chi connectivity index (χ0v) is 32.6. The van der Waals surface area contributed by atoms with Crippen LogP contribution in [0.4, 0.5) is 0 Å². The summed E-state index contributed by atoms with van der Waals surface area (Å²) in [7, 11) is 0. The molecule has 0 saturated heterocycles. The lowest BCUT2D eigenvalue weighted by molar-refractivity contribution is 0.454. The van der Waals surface area contributed by atoms with Crippen molar-refractivity contribution in [1.82, 2.24) is 0 Å². The summed E-state index contributed by atoms with van der Waals surface area (Å²) in [4.78, 5) is 0. The van der Waals surface area contributed by atoms with Crippen molar-refractivity contribution in [2.24, 2.45) is 0 Å². The molecular weight excluding hydrogens is 689 g/mol. The molecule has 0 spiro atoms. The van der Waals surface area contributed by atoms with Crippen molar-refractivity contribution in [3.05, 3.63) is 189 Å². The molecule has 8 aromatic rings. The van der Waals surface area contributed by atoms with Crippen LogP contribution < -0.4 is 0 Å². The number of phenols is 4. The van der Waals surface area contributed by atoms with Crippen LogP contribution in [-0.2, 0) is 0 Å². The van der Waals surface area contributed by atoms with Gasteiger partial charge in [-0.05, 0) is 166 Å². The lowest BCUT2D eigenvalue weighted by atomic mass is 9.79. The lowest BCUT2D eigenvalue weighted by Crippen LogP contribution is -2.07. The van der Waals surface area contributed by atoms with E-state index >= 15 is 0 Å². The Labute approximate surface area is 328 Å². The Morgan fingerprint density at radius 1 is 0.339 bits per heavy atom. The van der Waals surface area contributed by atoms with Crippen LogP contribution in [0.1, 0.15) is 74.4 Å². The number of phenolic OH excluding ortho intramolecular Hbond substituents is 4. The average molecular weight is 735 g/mol. The third-order valence-electron chi connectivity index (χ3n) is 11.6. The van der Waals surface area contributed by atoms with E-state index in [-0.39, 0.29) is 28.9 Å². The Bertz CT molecular complexity index is 2810. The zero-order chi connectivity index (χ0) is 39.4. The van der Waals surface area contributed by atoms with Crippen LogP contribution in [0, 0.1) is 34.6 Å². The first-order chi connectivity index (χ1) is 26.9. The van der Waals surface area contributed by atoms with E-state index in [0.717, 1.165) is 71.8 Å². The van der Waals surface area contributed by atoms with Gasteiger partial charge in [-0.3, -0.25) is 0 Å². The number of hydrogen-bond acceptors (Lipinski definition) is 4. The largest absolute Gasteiger partial charge is 0.507 e. The van der Waals surface area contributed by atoms with Crippen LogP contribution in [0.2, 0.25) is 0 Å². The van der Waals surface area contributed by atoms with Gasteiger partial charge in [0.1, 0.15) is 23.0 Å². The van der Waals surface area contributed by atoms with Crippen molar-refractivity contribution in [2.45, 2.75) is 53.4 Å². The highest BCUT2D eigenvalue weighted by Gasteiger charge is 2.27. The summed E-state index contributed by atoms with van der Waals surface area (Å²) in [6.07, 6.45) is 0. The minimum Gasteiger partial charge on any atom is -0.507 e. The van der Waals surface area contributed by atoms with Gasteiger partial charge in [0.15, 0.2) is 0 Å². The van der Waals surface area contributed by atoms with E-state index in [1.807, 2.05) is 101 Å². The molecule has 0 aliphatic heterocycles. The topological polar surface area (TPSA) is 80.9 Å². The molecule has 0 aromatic heterocycles. The smallest absolute Gasteiger partial charge is 0.122 e. The van der Waals surface area contributed by atoms with E-state index in [2.05, 4.69) is 73.7 Å². The van der Waals surface area contributed by atoms with Gasteiger partial charge >= 0.3 is 0 Å². The molecule has 8 aromatic carbocycles. The molecule has 8 rings (SSSR count). The van der Waals surface area contributed by atoms with E-state index in [0.29, 0.717) is 22.3 Å². The summed E-state index contributed by atoms with van der Waals surface area (Å²) in [6.45, 7) is 11.7. The Kier molecular flexibility index (Phi) is 9.30. The van der Waals surface area contributed by atoms with Crippen LogP contribution in [0.5, 0.6) is 23.0 Å². The molecule has 2 atom stereocenters. The van der Waals surface area contributed by atoms with Gasteiger partial charge in [-0.15, -0.1) is 0 Å². The molecule has 0 aliphatic rings. The number of hydrogen-bond donors (Lipinski definition) is 4. The van der Waals surface area contributed by atoms with Crippen molar-refractivity contribution < 1.29 is 20.4 Å². The zero-order valence-electron chi connectivity index (χ0n) is 32.6. The highest BCUT2D eigenvalue weighted by Crippen LogP contribution is 2.47. The van der Waals surface area contributed by atoms with Gasteiger partial charge in [-0.2, -0.15) is 0 Å². The number of rotatable bonds is 7. The summed E-state index contributed by atoms with van der Waals surface area (Å²) < 4.78 is 0. The molecule has 2 unspecified atom stereocenters. The van der Waals surface area contributed by atoms with Gasteiger partial charge in [0, 0.05) is 28.5 Å². The van der Waals surface area contributed by atoms with Crippen molar-refractivity contribution >= 4 is 21.5 Å². The molecule has 56 heavy (non-hydrogen) atoms. The molecule has 0 bridgehead atoms. The maximum absolute atomic E-state index is 12.1. The number of benzene rings is 8. The van der Waals surface area contributed by atoms with Gasteiger partial charge in [-0.1, -0.05) is 91.9 Å². The standard InChI is InChI=1S/C52H46O4/c1-29-19-41(20-30(2)49(29)53)43-22-32(4)51(55)46(27-43)48(40-18-16-36-12-8-10-14-39(36)25-40)47-28-44(23-33(5)52(47)56)42-21-31(3)50(54)45(26-42)34(6)37-17-15-35-11-7-9-13-38(35)24-37/h7-28,34,48,53-56H,1-6H3. The first-order valence-electron chi connectivity index (χ1n) is 19.2. The molecule has 0 amide bonds.